The Morgan fingerprint density at radius 1 is 1.24 bits per heavy atom. The number of rotatable bonds is 2. The van der Waals surface area contributed by atoms with Gasteiger partial charge in [-0.05, 0) is 18.2 Å². The third-order valence-electron chi connectivity index (χ3n) is 3.39. The molecule has 5 nitrogen and oxygen atoms in total. The predicted molar refractivity (Wildman–Crippen MR) is 81.1 cm³/mol. The number of carbonyl (C=O) groups is 1. The van der Waals surface area contributed by atoms with Gasteiger partial charge in [-0.25, -0.2) is 4.98 Å². The van der Waals surface area contributed by atoms with Gasteiger partial charge in [-0.15, -0.1) is 0 Å². The van der Waals surface area contributed by atoms with Crippen molar-refractivity contribution < 1.29 is 9.21 Å². The second-order valence-electron chi connectivity index (χ2n) is 4.72. The molecule has 1 aliphatic heterocycles. The molecule has 1 saturated heterocycles. The lowest BCUT2D eigenvalue weighted by molar-refractivity contribution is 0.0714. The monoisotopic (exact) mass is 325 g/mol. The van der Waals surface area contributed by atoms with Crippen LogP contribution < -0.4 is 4.90 Å². The van der Waals surface area contributed by atoms with E-state index in [2.05, 4.69) is 4.98 Å². The Hall–Kier alpha value is -1.72. The van der Waals surface area contributed by atoms with Gasteiger partial charge in [0.1, 0.15) is 5.82 Å². The van der Waals surface area contributed by atoms with Gasteiger partial charge in [-0.3, -0.25) is 4.79 Å². The van der Waals surface area contributed by atoms with E-state index < -0.39 is 0 Å². The third kappa shape index (κ3) is 2.99. The predicted octanol–water partition coefficient (Wildman–Crippen LogP) is 2.94. The van der Waals surface area contributed by atoms with Crippen LogP contribution in [0.4, 0.5) is 5.82 Å². The van der Waals surface area contributed by atoms with E-state index in [1.807, 2.05) is 4.90 Å². The molecule has 0 atom stereocenters. The molecule has 1 aliphatic rings. The van der Waals surface area contributed by atoms with Gasteiger partial charge in [-0.2, -0.15) is 0 Å². The maximum atomic E-state index is 12.2. The first kappa shape index (κ1) is 14.2. The molecule has 3 heterocycles. The van der Waals surface area contributed by atoms with E-state index in [4.69, 9.17) is 27.6 Å². The Bertz CT molecular complexity index is 638. The van der Waals surface area contributed by atoms with E-state index in [1.54, 1.807) is 29.3 Å². The van der Waals surface area contributed by atoms with E-state index in [1.165, 1.54) is 6.26 Å². The summed E-state index contributed by atoms with van der Waals surface area (Å²) in [5, 5.41) is 1.03. The van der Waals surface area contributed by atoms with Crippen LogP contribution in [0.2, 0.25) is 10.0 Å². The van der Waals surface area contributed by atoms with Gasteiger partial charge in [0.15, 0.2) is 5.76 Å². The minimum atomic E-state index is -0.0881. The Labute approximate surface area is 132 Å². The molecule has 2 aromatic heterocycles. The van der Waals surface area contributed by atoms with Crippen molar-refractivity contribution in [2.75, 3.05) is 31.1 Å². The number of anilines is 1. The molecule has 0 saturated carbocycles. The van der Waals surface area contributed by atoms with Crippen molar-refractivity contribution in [3.63, 3.8) is 0 Å². The zero-order chi connectivity index (χ0) is 14.8. The van der Waals surface area contributed by atoms with E-state index in [-0.39, 0.29) is 5.91 Å². The summed E-state index contributed by atoms with van der Waals surface area (Å²) in [4.78, 5) is 20.2. The minimum absolute atomic E-state index is 0.0881. The Morgan fingerprint density at radius 3 is 2.62 bits per heavy atom. The molecular weight excluding hydrogens is 313 g/mol. The summed E-state index contributed by atoms with van der Waals surface area (Å²) < 4.78 is 5.14. The zero-order valence-corrected chi connectivity index (χ0v) is 12.6. The first-order chi connectivity index (χ1) is 10.1. The second-order valence-corrected chi connectivity index (χ2v) is 5.56. The number of amides is 1. The maximum Gasteiger partial charge on any atom is 0.289 e. The minimum Gasteiger partial charge on any atom is -0.459 e. The van der Waals surface area contributed by atoms with E-state index in [0.717, 1.165) is 0 Å². The van der Waals surface area contributed by atoms with Crippen molar-refractivity contribution in [1.29, 1.82) is 0 Å². The van der Waals surface area contributed by atoms with E-state index in [9.17, 15) is 4.79 Å². The van der Waals surface area contributed by atoms with Crippen molar-refractivity contribution in [3.05, 3.63) is 46.5 Å². The number of hydrogen-bond donors (Lipinski definition) is 0. The van der Waals surface area contributed by atoms with Crippen LogP contribution in [-0.2, 0) is 0 Å². The number of hydrogen-bond acceptors (Lipinski definition) is 4. The van der Waals surface area contributed by atoms with Crippen LogP contribution in [0.5, 0.6) is 0 Å². The number of nitrogens with zero attached hydrogens (tertiary/aromatic N) is 3. The number of carbonyl (C=O) groups excluding carboxylic acids is 1. The normalized spacial score (nSPS) is 15.3. The van der Waals surface area contributed by atoms with Gasteiger partial charge in [0.25, 0.3) is 5.91 Å². The van der Waals surface area contributed by atoms with E-state index in [0.29, 0.717) is 47.8 Å². The van der Waals surface area contributed by atoms with Gasteiger partial charge in [-0.1, -0.05) is 23.2 Å². The summed E-state index contributed by atoms with van der Waals surface area (Å²) in [6.45, 7) is 2.53. The lowest BCUT2D eigenvalue weighted by Crippen LogP contribution is -2.49. The molecule has 0 aliphatic carbocycles. The number of pyridine rings is 1. The first-order valence-corrected chi connectivity index (χ1v) is 7.29. The molecule has 0 radical (unpaired) electrons. The van der Waals surface area contributed by atoms with Crippen molar-refractivity contribution in [2.45, 2.75) is 0 Å². The van der Waals surface area contributed by atoms with Gasteiger partial charge in [0.05, 0.1) is 16.3 Å². The van der Waals surface area contributed by atoms with Crippen molar-refractivity contribution in [2.24, 2.45) is 0 Å². The van der Waals surface area contributed by atoms with Crippen molar-refractivity contribution in [1.82, 2.24) is 9.88 Å². The smallest absolute Gasteiger partial charge is 0.289 e. The van der Waals surface area contributed by atoms with E-state index >= 15 is 0 Å². The molecule has 7 heteroatoms. The standard InChI is InChI=1S/C14H13Cl2N3O2/c15-10-8-11(16)13(17-9-10)18-3-5-19(6-4-18)14(20)12-2-1-7-21-12/h1-2,7-9H,3-6H2. The van der Waals surface area contributed by atoms with Gasteiger partial charge in [0.2, 0.25) is 0 Å². The fourth-order valence-electron chi connectivity index (χ4n) is 2.32. The molecule has 2 aromatic rings. The number of piperazine rings is 1. The van der Waals surface area contributed by atoms with Crippen LogP contribution >= 0.6 is 23.2 Å². The van der Waals surface area contributed by atoms with Crippen LogP contribution in [0, 0.1) is 0 Å². The molecule has 0 bridgehead atoms. The number of aromatic nitrogens is 1. The highest BCUT2D eigenvalue weighted by Crippen LogP contribution is 2.26. The molecule has 110 valence electrons. The third-order valence-corrected chi connectivity index (χ3v) is 3.87. The Kier molecular flexibility index (Phi) is 4.03. The Balaban J connectivity index is 1.66. The molecule has 0 unspecified atom stereocenters. The summed E-state index contributed by atoms with van der Waals surface area (Å²) in [7, 11) is 0. The molecule has 21 heavy (non-hydrogen) atoms. The first-order valence-electron chi connectivity index (χ1n) is 6.54. The topological polar surface area (TPSA) is 49.6 Å². The fraction of sp³-hybridized carbons (Fsp3) is 0.286. The van der Waals surface area contributed by atoms with Crippen LogP contribution in [0.3, 0.4) is 0 Å². The SMILES string of the molecule is O=C(c1ccco1)N1CCN(c2ncc(Cl)cc2Cl)CC1. The maximum absolute atomic E-state index is 12.2. The number of furan rings is 1. The van der Waals surface area contributed by atoms with Crippen LogP contribution in [0.1, 0.15) is 10.6 Å². The van der Waals surface area contributed by atoms with Gasteiger partial charge < -0.3 is 14.2 Å². The lowest BCUT2D eigenvalue weighted by Gasteiger charge is -2.35. The quantitative estimate of drug-likeness (QED) is 0.851. The molecule has 3 rings (SSSR count). The highest BCUT2D eigenvalue weighted by atomic mass is 35.5. The summed E-state index contributed by atoms with van der Waals surface area (Å²) in [5.74, 6) is 0.979. The lowest BCUT2D eigenvalue weighted by atomic mass is 10.2. The Morgan fingerprint density at radius 2 is 2.00 bits per heavy atom. The molecule has 1 amide bonds. The molecule has 1 fully saturated rings. The average Bonchev–Trinajstić information content (AvgIpc) is 3.01. The molecular formula is C14H13Cl2N3O2. The molecule has 0 aromatic carbocycles. The highest BCUT2D eigenvalue weighted by molar-refractivity contribution is 6.36. The zero-order valence-electron chi connectivity index (χ0n) is 11.1. The summed E-state index contributed by atoms with van der Waals surface area (Å²) in [5.41, 5.74) is 0. The van der Waals surface area contributed by atoms with Gasteiger partial charge >= 0.3 is 0 Å². The largest absolute Gasteiger partial charge is 0.459 e. The average molecular weight is 326 g/mol. The second kappa shape index (κ2) is 5.95. The van der Waals surface area contributed by atoms with Crippen LogP contribution in [-0.4, -0.2) is 42.0 Å². The van der Waals surface area contributed by atoms with Crippen LogP contribution in [0.25, 0.3) is 0 Å². The molecule has 0 N–H and O–H groups in total. The molecule has 0 spiro atoms. The van der Waals surface area contributed by atoms with Crippen LogP contribution in [0.15, 0.2) is 35.1 Å². The highest BCUT2D eigenvalue weighted by Gasteiger charge is 2.25. The van der Waals surface area contributed by atoms with Crippen molar-refractivity contribution in [3.8, 4) is 0 Å². The fourth-order valence-corrected chi connectivity index (χ4v) is 2.82. The number of halogens is 2. The van der Waals surface area contributed by atoms with Crippen molar-refractivity contribution >= 4 is 34.9 Å². The summed E-state index contributed by atoms with van der Waals surface area (Å²) in [6, 6.07) is 5.05. The van der Waals surface area contributed by atoms with Gasteiger partial charge in [0, 0.05) is 32.4 Å². The summed E-state index contributed by atoms with van der Waals surface area (Å²) in [6.07, 6.45) is 3.07. The summed E-state index contributed by atoms with van der Waals surface area (Å²) >= 11 is 12.0.